The highest BCUT2D eigenvalue weighted by Crippen LogP contribution is 2.20. The fraction of sp³-hybridized carbons (Fsp3) is 0.583. The standard InChI is InChI=1S/C12H18N4O2/c1-4-9-12(18)13-7-11(17)16(9)10-5-6-15(14-10)8(2)3/h5-6,8-9H,4,7H2,1-3H3,(H,13,18). The molecule has 0 radical (unpaired) electrons. The molecule has 1 aromatic rings. The minimum Gasteiger partial charge on any atom is -0.345 e. The molecule has 1 aromatic heterocycles. The zero-order valence-electron chi connectivity index (χ0n) is 10.9. The van der Waals surface area contributed by atoms with Crippen LogP contribution in [-0.2, 0) is 9.59 Å². The zero-order valence-corrected chi connectivity index (χ0v) is 10.9. The van der Waals surface area contributed by atoms with Crippen LogP contribution < -0.4 is 10.2 Å². The van der Waals surface area contributed by atoms with Crippen molar-refractivity contribution in [2.24, 2.45) is 0 Å². The lowest BCUT2D eigenvalue weighted by molar-refractivity contribution is -0.131. The van der Waals surface area contributed by atoms with Crippen molar-refractivity contribution in [3.63, 3.8) is 0 Å². The third kappa shape index (κ3) is 2.10. The van der Waals surface area contributed by atoms with Gasteiger partial charge in [-0.25, -0.2) is 0 Å². The van der Waals surface area contributed by atoms with Gasteiger partial charge in [0, 0.05) is 18.3 Å². The van der Waals surface area contributed by atoms with Gasteiger partial charge in [-0.15, -0.1) is 0 Å². The second-order valence-electron chi connectivity index (χ2n) is 4.65. The molecule has 2 heterocycles. The van der Waals surface area contributed by atoms with E-state index >= 15 is 0 Å². The number of carbonyl (C=O) groups is 2. The average Bonchev–Trinajstić information content (AvgIpc) is 2.81. The first-order valence-electron chi connectivity index (χ1n) is 6.19. The molecule has 0 saturated carbocycles. The highest BCUT2D eigenvalue weighted by molar-refractivity contribution is 6.05. The number of amides is 2. The summed E-state index contributed by atoms with van der Waals surface area (Å²) in [6.45, 7) is 5.96. The van der Waals surface area contributed by atoms with E-state index in [-0.39, 0.29) is 24.4 Å². The molecular weight excluding hydrogens is 232 g/mol. The molecule has 1 unspecified atom stereocenters. The third-order valence-corrected chi connectivity index (χ3v) is 3.05. The van der Waals surface area contributed by atoms with E-state index < -0.39 is 6.04 Å². The van der Waals surface area contributed by atoms with Crippen LogP contribution in [0.1, 0.15) is 33.2 Å². The minimum absolute atomic E-state index is 0.0455. The van der Waals surface area contributed by atoms with E-state index in [1.807, 2.05) is 27.0 Å². The highest BCUT2D eigenvalue weighted by atomic mass is 16.2. The monoisotopic (exact) mass is 250 g/mol. The predicted molar refractivity (Wildman–Crippen MR) is 67.2 cm³/mol. The van der Waals surface area contributed by atoms with Gasteiger partial charge in [-0.2, -0.15) is 5.10 Å². The Bertz CT molecular complexity index is 466. The van der Waals surface area contributed by atoms with E-state index in [0.29, 0.717) is 12.2 Å². The second-order valence-corrected chi connectivity index (χ2v) is 4.65. The SMILES string of the molecule is CCC1C(=O)NCC(=O)N1c1ccn(C(C)C)n1. The first-order valence-corrected chi connectivity index (χ1v) is 6.19. The molecule has 98 valence electrons. The number of aromatic nitrogens is 2. The Balaban J connectivity index is 2.32. The van der Waals surface area contributed by atoms with Crippen LogP contribution in [0.3, 0.4) is 0 Å². The second kappa shape index (κ2) is 4.80. The molecule has 1 N–H and O–H groups in total. The molecule has 0 bridgehead atoms. The van der Waals surface area contributed by atoms with Crippen molar-refractivity contribution in [1.82, 2.24) is 15.1 Å². The summed E-state index contributed by atoms with van der Waals surface area (Å²) in [4.78, 5) is 25.2. The van der Waals surface area contributed by atoms with Crippen LogP contribution >= 0.6 is 0 Å². The van der Waals surface area contributed by atoms with Crippen molar-refractivity contribution in [1.29, 1.82) is 0 Å². The van der Waals surface area contributed by atoms with Gasteiger partial charge in [0.15, 0.2) is 5.82 Å². The van der Waals surface area contributed by atoms with E-state index in [1.165, 1.54) is 4.90 Å². The Hall–Kier alpha value is -1.85. The summed E-state index contributed by atoms with van der Waals surface area (Å²) in [5, 5.41) is 6.96. The van der Waals surface area contributed by atoms with Crippen LogP contribution in [0.5, 0.6) is 0 Å². The highest BCUT2D eigenvalue weighted by Gasteiger charge is 2.35. The van der Waals surface area contributed by atoms with Crippen LogP contribution in [0.15, 0.2) is 12.3 Å². The van der Waals surface area contributed by atoms with Crippen molar-refractivity contribution in [2.45, 2.75) is 39.3 Å². The molecular formula is C12H18N4O2. The van der Waals surface area contributed by atoms with Gasteiger partial charge in [0.25, 0.3) is 0 Å². The van der Waals surface area contributed by atoms with Crippen molar-refractivity contribution in [3.8, 4) is 0 Å². The average molecular weight is 250 g/mol. The smallest absolute Gasteiger partial charge is 0.248 e. The van der Waals surface area contributed by atoms with Crippen molar-refractivity contribution >= 4 is 17.6 Å². The number of piperazine rings is 1. The van der Waals surface area contributed by atoms with E-state index in [1.54, 1.807) is 10.7 Å². The van der Waals surface area contributed by atoms with Crippen LogP contribution in [0.25, 0.3) is 0 Å². The lowest BCUT2D eigenvalue weighted by atomic mass is 10.1. The van der Waals surface area contributed by atoms with E-state index in [4.69, 9.17) is 0 Å². The Morgan fingerprint density at radius 2 is 2.22 bits per heavy atom. The van der Waals surface area contributed by atoms with E-state index in [2.05, 4.69) is 10.4 Å². The van der Waals surface area contributed by atoms with Gasteiger partial charge < -0.3 is 5.32 Å². The van der Waals surface area contributed by atoms with Crippen molar-refractivity contribution in [2.75, 3.05) is 11.4 Å². The van der Waals surface area contributed by atoms with E-state index in [0.717, 1.165) is 0 Å². The summed E-state index contributed by atoms with van der Waals surface area (Å²) >= 11 is 0. The van der Waals surface area contributed by atoms with Gasteiger partial charge in [0.1, 0.15) is 6.04 Å². The normalized spacial score (nSPS) is 20.4. The summed E-state index contributed by atoms with van der Waals surface area (Å²) in [5.41, 5.74) is 0. The number of nitrogens with zero attached hydrogens (tertiary/aromatic N) is 3. The van der Waals surface area contributed by atoms with Crippen LogP contribution in [0.4, 0.5) is 5.82 Å². The summed E-state index contributed by atoms with van der Waals surface area (Å²) in [7, 11) is 0. The summed E-state index contributed by atoms with van der Waals surface area (Å²) in [6.07, 6.45) is 2.40. The lowest BCUT2D eigenvalue weighted by Gasteiger charge is -2.32. The molecule has 2 amide bonds. The molecule has 0 aromatic carbocycles. The fourth-order valence-corrected chi connectivity index (χ4v) is 2.06. The molecule has 6 heteroatoms. The molecule has 1 saturated heterocycles. The Morgan fingerprint density at radius 1 is 1.50 bits per heavy atom. The first-order chi connectivity index (χ1) is 8.54. The summed E-state index contributed by atoms with van der Waals surface area (Å²) in [5.74, 6) is 0.321. The largest absolute Gasteiger partial charge is 0.345 e. The Kier molecular flexibility index (Phi) is 3.36. The Morgan fingerprint density at radius 3 is 2.78 bits per heavy atom. The molecule has 18 heavy (non-hydrogen) atoms. The molecule has 1 fully saturated rings. The molecule has 0 spiro atoms. The van der Waals surface area contributed by atoms with Gasteiger partial charge in [0.2, 0.25) is 11.8 Å². The van der Waals surface area contributed by atoms with Gasteiger partial charge in [-0.05, 0) is 20.3 Å². The quantitative estimate of drug-likeness (QED) is 0.859. The van der Waals surface area contributed by atoms with Crippen LogP contribution in [0, 0.1) is 0 Å². The van der Waals surface area contributed by atoms with Gasteiger partial charge in [0.05, 0.1) is 6.54 Å². The topological polar surface area (TPSA) is 67.2 Å². The zero-order chi connectivity index (χ0) is 13.3. The summed E-state index contributed by atoms with van der Waals surface area (Å²) in [6, 6.07) is 1.55. The van der Waals surface area contributed by atoms with Crippen molar-refractivity contribution < 1.29 is 9.59 Å². The third-order valence-electron chi connectivity index (χ3n) is 3.05. The molecule has 1 aliphatic rings. The van der Waals surface area contributed by atoms with Crippen LogP contribution in [0.2, 0.25) is 0 Å². The number of nitrogens with one attached hydrogen (secondary N) is 1. The van der Waals surface area contributed by atoms with Crippen LogP contribution in [-0.4, -0.2) is 34.2 Å². The lowest BCUT2D eigenvalue weighted by Crippen LogP contribution is -2.58. The molecule has 1 aliphatic heterocycles. The minimum atomic E-state index is -0.457. The fourth-order valence-electron chi connectivity index (χ4n) is 2.06. The number of hydrogen-bond donors (Lipinski definition) is 1. The molecule has 0 aliphatic carbocycles. The van der Waals surface area contributed by atoms with Gasteiger partial charge in [-0.1, -0.05) is 6.92 Å². The number of carbonyl (C=O) groups excluding carboxylic acids is 2. The van der Waals surface area contributed by atoms with E-state index in [9.17, 15) is 9.59 Å². The Labute approximate surface area is 106 Å². The summed E-state index contributed by atoms with van der Waals surface area (Å²) < 4.78 is 1.78. The maximum absolute atomic E-state index is 12.0. The number of anilines is 1. The van der Waals surface area contributed by atoms with Gasteiger partial charge >= 0.3 is 0 Å². The first kappa shape index (κ1) is 12.6. The van der Waals surface area contributed by atoms with Crippen molar-refractivity contribution in [3.05, 3.63) is 12.3 Å². The predicted octanol–water partition coefficient (Wildman–Crippen LogP) is 0.705. The molecule has 2 rings (SSSR count). The maximum Gasteiger partial charge on any atom is 0.248 e. The van der Waals surface area contributed by atoms with Gasteiger partial charge in [-0.3, -0.25) is 19.2 Å². The number of hydrogen-bond acceptors (Lipinski definition) is 3. The maximum atomic E-state index is 12.0. The molecule has 6 nitrogen and oxygen atoms in total. The number of rotatable bonds is 3. The molecule has 1 atom stereocenters.